The van der Waals surface area contributed by atoms with Gasteiger partial charge in [0.1, 0.15) is 5.82 Å². The first kappa shape index (κ1) is 12.4. The number of aromatic nitrogens is 2. The first-order valence-corrected chi connectivity index (χ1v) is 6.46. The first-order valence-electron chi connectivity index (χ1n) is 5.23. The number of anilines is 2. The number of carbonyl (C=O) groups excluding carboxylic acids is 1. The minimum atomic E-state index is -0.305. The summed E-state index contributed by atoms with van der Waals surface area (Å²) in [6, 6.07) is 10.7. The maximum absolute atomic E-state index is 11.9. The molecule has 0 saturated carbocycles. The van der Waals surface area contributed by atoms with Crippen LogP contribution in [0.2, 0.25) is 0 Å². The Morgan fingerprint density at radius 3 is 2.78 bits per heavy atom. The van der Waals surface area contributed by atoms with E-state index in [0.717, 1.165) is 10.6 Å². The molecule has 1 aromatic carbocycles. The predicted octanol–water partition coefficient (Wildman–Crippen LogP) is 2.03. The number of rotatable bonds is 3. The van der Waals surface area contributed by atoms with E-state index in [1.807, 2.05) is 30.5 Å². The molecular formula is C12H12N4OS. The number of hydrogen-bond acceptors (Lipinski definition) is 5. The number of thioether (sulfide) groups is 1. The van der Waals surface area contributed by atoms with Crippen molar-refractivity contribution >= 4 is 29.2 Å². The summed E-state index contributed by atoms with van der Waals surface area (Å²) in [4.78, 5) is 12.9. The number of nitrogens with two attached hydrogens (primary N) is 1. The number of hydrogen-bond donors (Lipinski definition) is 2. The Kier molecular flexibility index (Phi) is 3.78. The van der Waals surface area contributed by atoms with E-state index in [4.69, 9.17) is 5.73 Å². The van der Waals surface area contributed by atoms with E-state index in [-0.39, 0.29) is 17.4 Å². The van der Waals surface area contributed by atoms with Gasteiger partial charge in [-0.2, -0.15) is 0 Å². The topological polar surface area (TPSA) is 80.9 Å². The summed E-state index contributed by atoms with van der Waals surface area (Å²) in [5, 5.41) is 10.1. The Labute approximate surface area is 109 Å². The van der Waals surface area contributed by atoms with Gasteiger partial charge in [-0.3, -0.25) is 4.79 Å². The molecule has 0 saturated heterocycles. The molecule has 18 heavy (non-hydrogen) atoms. The van der Waals surface area contributed by atoms with Gasteiger partial charge in [0.25, 0.3) is 5.91 Å². The molecule has 0 spiro atoms. The van der Waals surface area contributed by atoms with Crippen LogP contribution in [0.15, 0.2) is 41.3 Å². The standard InChI is InChI=1S/C12H12N4OS/c1-18-9-4-2-3-8(7-9)14-12(17)10-5-6-11(13)16-15-10/h2-7H,1H3,(H2,13,16)(H,14,17). The zero-order valence-corrected chi connectivity index (χ0v) is 10.6. The number of benzene rings is 1. The van der Waals surface area contributed by atoms with Crippen LogP contribution in [0.5, 0.6) is 0 Å². The second kappa shape index (κ2) is 5.50. The summed E-state index contributed by atoms with van der Waals surface area (Å²) in [5.74, 6) is -0.0170. The number of nitrogen functional groups attached to an aromatic ring is 1. The van der Waals surface area contributed by atoms with Crippen LogP contribution in [0, 0.1) is 0 Å². The van der Waals surface area contributed by atoms with Crippen molar-refractivity contribution in [2.75, 3.05) is 17.3 Å². The number of carbonyl (C=O) groups is 1. The van der Waals surface area contributed by atoms with Gasteiger partial charge in [0.2, 0.25) is 0 Å². The van der Waals surface area contributed by atoms with Crippen molar-refractivity contribution in [2.24, 2.45) is 0 Å². The van der Waals surface area contributed by atoms with Gasteiger partial charge in [-0.25, -0.2) is 0 Å². The normalized spacial score (nSPS) is 10.1. The van der Waals surface area contributed by atoms with E-state index < -0.39 is 0 Å². The van der Waals surface area contributed by atoms with E-state index in [9.17, 15) is 4.79 Å². The highest BCUT2D eigenvalue weighted by Crippen LogP contribution is 2.19. The first-order chi connectivity index (χ1) is 8.69. The molecule has 0 aliphatic carbocycles. The van der Waals surface area contributed by atoms with Gasteiger partial charge >= 0.3 is 0 Å². The second-order valence-corrected chi connectivity index (χ2v) is 4.41. The zero-order chi connectivity index (χ0) is 13.0. The molecule has 0 fully saturated rings. The maximum Gasteiger partial charge on any atom is 0.276 e. The Morgan fingerprint density at radius 1 is 1.28 bits per heavy atom. The zero-order valence-electron chi connectivity index (χ0n) is 9.75. The molecule has 5 nitrogen and oxygen atoms in total. The van der Waals surface area contributed by atoms with Gasteiger partial charge < -0.3 is 11.1 Å². The van der Waals surface area contributed by atoms with Crippen LogP contribution in [0.3, 0.4) is 0 Å². The van der Waals surface area contributed by atoms with E-state index in [1.165, 1.54) is 6.07 Å². The third-order valence-corrected chi connectivity index (χ3v) is 2.97. The lowest BCUT2D eigenvalue weighted by Crippen LogP contribution is -2.14. The predicted molar refractivity (Wildman–Crippen MR) is 72.6 cm³/mol. The number of nitrogens with one attached hydrogen (secondary N) is 1. The van der Waals surface area contributed by atoms with Crippen molar-refractivity contribution in [3.05, 3.63) is 42.1 Å². The van der Waals surface area contributed by atoms with Crippen molar-refractivity contribution in [3.8, 4) is 0 Å². The van der Waals surface area contributed by atoms with Gasteiger partial charge in [-0.05, 0) is 36.6 Å². The molecule has 0 atom stereocenters. The van der Waals surface area contributed by atoms with Crippen LogP contribution in [0.25, 0.3) is 0 Å². The monoisotopic (exact) mass is 260 g/mol. The number of amides is 1. The molecule has 3 N–H and O–H groups in total. The van der Waals surface area contributed by atoms with Crippen molar-refractivity contribution in [1.29, 1.82) is 0 Å². The fourth-order valence-electron chi connectivity index (χ4n) is 1.36. The summed E-state index contributed by atoms with van der Waals surface area (Å²) in [5.41, 5.74) is 6.37. The molecule has 1 amide bonds. The minimum Gasteiger partial charge on any atom is -0.382 e. The van der Waals surface area contributed by atoms with Crippen molar-refractivity contribution in [1.82, 2.24) is 10.2 Å². The summed E-state index contributed by atoms with van der Waals surface area (Å²) in [6.07, 6.45) is 1.98. The summed E-state index contributed by atoms with van der Waals surface area (Å²) in [7, 11) is 0. The molecular weight excluding hydrogens is 248 g/mol. The fraction of sp³-hybridized carbons (Fsp3) is 0.0833. The fourth-order valence-corrected chi connectivity index (χ4v) is 1.82. The van der Waals surface area contributed by atoms with Gasteiger partial charge in [-0.15, -0.1) is 22.0 Å². The van der Waals surface area contributed by atoms with E-state index in [2.05, 4.69) is 15.5 Å². The Balaban J connectivity index is 2.13. The molecule has 2 aromatic rings. The van der Waals surface area contributed by atoms with Gasteiger partial charge in [0.05, 0.1) is 0 Å². The maximum atomic E-state index is 11.9. The van der Waals surface area contributed by atoms with Crippen LogP contribution in [-0.2, 0) is 0 Å². The highest BCUT2D eigenvalue weighted by molar-refractivity contribution is 7.98. The summed E-state index contributed by atoms with van der Waals surface area (Å²) >= 11 is 1.61. The largest absolute Gasteiger partial charge is 0.382 e. The van der Waals surface area contributed by atoms with Crippen molar-refractivity contribution < 1.29 is 4.79 Å². The van der Waals surface area contributed by atoms with Crippen molar-refractivity contribution in [3.63, 3.8) is 0 Å². The smallest absolute Gasteiger partial charge is 0.276 e. The van der Waals surface area contributed by atoms with Gasteiger partial charge in [0.15, 0.2) is 5.69 Å². The molecule has 1 heterocycles. The Morgan fingerprint density at radius 2 is 2.11 bits per heavy atom. The van der Waals surface area contributed by atoms with Crippen LogP contribution in [-0.4, -0.2) is 22.4 Å². The quantitative estimate of drug-likeness (QED) is 0.825. The highest BCUT2D eigenvalue weighted by atomic mass is 32.2. The van der Waals surface area contributed by atoms with E-state index >= 15 is 0 Å². The van der Waals surface area contributed by atoms with Gasteiger partial charge in [-0.1, -0.05) is 6.07 Å². The molecule has 0 radical (unpaired) electrons. The molecule has 0 bridgehead atoms. The minimum absolute atomic E-state index is 0.235. The third kappa shape index (κ3) is 2.98. The Hall–Kier alpha value is -2.08. The van der Waals surface area contributed by atoms with Crippen LogP contribution >= 0.6 is 11.8 Å². The lowest BCUT2D eigenvalue weighted by atomic mass is 10.3. The van der Waals surface area contributed by atoms with Crippen LogP contribution in [0.4, 0.5) is 11.5 Å². The van der Waals surface area contributed by atoms with Gasteiger partial charge in [0, 0.05) is 10.6 Å². The number of nitrogens with zero attached hydrogens (tertiary/aromatic N) is 2. The lowest BCUT2D eigenvalue weighted by molar-refractivity contribution is 0.102. The molecule has 0 aliphatic heterocycles. The van der Waals surface area contributed by atoms with E-state index in [1.54, 1.807) is 17.8 Å². The lowest BCUT2D eigenvalue weighted by Gasteiger charge is -2.05. The SMILES string of the molecule is CSc1cccc(NC(=O)c2ccc(N)nn2)c1. The third-order valence-electron chi connectivity index (χ3n) is 2.25. The van der Waals surface area contributed by atoms with Crippen LogP contribution in [0.1, 0.15) is 10.5 Å². The molecule has 1 aromatic heterocycles. The van der Waals surface area contributed by atoms with E-state index in [0.29, 0.717) is 0 Å². The summed E-state index contributed by atoms with van der Waals surface area (Å²) < 4.78 is 0. The second-order valence-electron chi connectivity index (χ2n) is 3.53. The average molecular weight is 260 g/mol. The Bertz CT molecular complexity index is 556. The summed E-state index contributed by atoms with van der Waals surface area (Å²) in [6.45, 7) is 0. The highest BCUT2D eigenvalue weighted by Gasteiger charge is 2.08. The van der Waals surface area contributed by atoms with Crippen molar-refractivity contribution in [2.45, 2.75) is 4.90 Å². The molecule has 0 aliphatic rings. The molecule has 92 valence electrons. The van der Waals surface area contributed by atoms with Crippen LogP contribution < -0.4 is 11.1 Å². The average Bonchev–Trinajstić information content (AvgIpc) is 2.39. The molecule has 0 unspecified atom stereocenters. The molecule has 2 rings (SSSR count). The molecule has 6 heteroatoms.